The minimum atomic E-state index is -0.161. The van der Waals surface area contributed by atoms with E-state index in [1.54, 1.807) is 13.3 Å². The third kappa shape index (κ3) is 4.67. The van der Waals surface area contributed by atoms with Crippen molar-refractivity contribution in [2.45, 2.75) is 32.6 Å². The van der Waals surface area contributed by atoms with E-state index in [2.05, 4.69) is 27.5 Å². The number of ether oxygens (including phenoxy) is 1. The molecule has 0 saturated heterocycles. The van der Waals surface area contributed by atoms with Gasteiger partial charge in [-0.25, -0.2) is 4.98 Å². The molecule has 0 aliphatic heterocycles. The third-order valence-electron chi connectivity index (χ3n) is 3.84. The van der Waals surface area contributed by atoms with Crippen molar-refractivity contribution in [3.63, 3.8) is 0 Å². The van der Waals surface area contributed by atoms with E-state index in [4.69, 9.17) is 4.74 Å². The first kappa shape index (κ1) is 15.7. The maximum atomic E-state index is 12.1. The Morgan fingerprint density at radius 2 is 2.24 bits per heavy atom. The van der Waals surface area contributed by atoms with Gasteiger partial charge in [-0.05, 0) is 31.1 Å². The molecule has 0 unspecified atom stereocenters. The van der Waals surface area contributed by atoms with Gasteiger partial charge in [0.1, 0.15) is 11.5 Å². The van der Waals surface area contributed by atoms with Gasteiger partial charge in [-0.3, -0.25) is 9.78 Å². The lowest BCUT2D eigenvalue weighted by molar-refractivity contribution is 0.0932. The number of hydrogen-bond donors (Lipinski definition) is 2. The molecule has 2 N–H and O–H groups in total. The maximum Gasteiger partial charge on any atom is 0.271 e. The SMILES string of the molecule is CCCNc1cncc(C(=O)NCC2(CCOC)CC2)n1. The molecule has 0 bridgehead atoms. The highest BCUT2D eigenvalue weighted by atomic mass is 16.5. The Morgan fingerprint density at radius 1 is 1.43 bits per heavy atom. The number of rotatable bonds is 9. The Labute approximate surface area is 125 Å². The summed E-state index contributed by atoms with van der Waals surface area (Å²) in [4.78, 5) is 20.5. The fourth-order valence-electron chi connectivity index (χ4n) is 2.18. The summed E-state index contributed by atoms with van der Waals surface area (Å²) in [6.45, 7) is 4.32. The largest absolute Gasteiger partial charge is 0.385 e. The molecular formula is C15H24N4O2. The highest BCUT2D eigenvalue weighted by molar-refractivity contribution is 5.92. The zero-order valence-corrected chi connectivity index (χ0v) is 12.8. The topological polar surface area (TPSA) is 76.1 Å². The van der Waals surface area contributed by atoms with Gasteiger partial charge < -0.3 is 15.4 Å². The van der Waals surface area contributed by atoms with Crippen LogP contribution in [0.2, 0.25) is 0 Å². The van der Waals surface area contributed by atoms with Gasteiger partial charge in [0, 0.05) is 26.8 Å². The lowest BCUT2D eigenvalue weighted by Gasteiger charge is -2.15. The second kappa shape index (κ2) is 7.36. The Morgan fingerprint density at radius 3 is 2.90 bits per heavy atom. The van der Waals surface area contributed by atoms with E-state index in [0.717, 1.165) is 38.8 Å². The predicted molar refractivity (Wildman–Crippen MR) is 81.3 cm³/mol. The normalized spacial score (nSPS) is 15.5. The summed E-state index contributed by atoms with van der Waals surface area (Å²) in [6, 6.07) is 0. The number of aromatic nitrogens is 2. The van der Waals surface area contributed by atoms with Crippen molar-refractivity contribution in [3.05, 3.63) is 18.1 Å². The zero-order chi connectivity index (χ0) is 15.1. The molecule has 0 radical (unpaired) electrons. The van der Waals surface area contributed by atoms with Crippen molar-refractivity contribution in [2.75, 3.05) is 32.1 Å². The molecule has 6 heteroatoms. The van der Waals surface area contributed by atoms with Crippen LogP contribution in [0.25, 0.3) is 0 Å². The lowest BCUT2D eigenvalue weighted by atomic mass is 10.0. The van der Waals surface area contributed by atoms with Gasteiger partial charge in [-0.1, -0.05) is 6.92 Å². The minimum Gasteiger partial charge on any atom is -0.385 e. The molecule has 1 heterocycles. The molecule has 1 aromatic rings. The van der Waals surface area contributed by atoms with Gasteiger partial charge in [0.15, 0.2) is 0 Å². The van der Waals surface area contributed by atoms with E-state index in [9.17, 15) is 4.79 Å². The van der Waals surface area contributed by atoms with Crippen LogP contribution in [-0.4, -0.2) is 42.7 Å². The van der Waals surface area contributed by atoms with Crippen LogP contribution in [0.1, 0.15) is 43.1 Å². The molecule has 1 fully saturated rings. The van der Waals surface area contributed by atoms with Gasteiger partial charge in [-0.15, -0.1) is 0 Å². The van der Waals surface area contributed by atoms with E-state index in [0.29, 0.717) is 18.1 Å². The molecule has 1 aliphatic rings. The number of anilines is 1. The minimum absolute atomic E-state index is 0.161. The van der Waals surface area contributed by atoms with E-state index in [-0.39, 0.29) is 11.3 Å². The Balaban J connectivity index is 1.85. The average molecular weight is 292 g/mol. The highest BCUT2D eigenvalue weighted by Gasteiger charge is 2.42. The quantitative estimate of drug-likeness (QED) is 0.726. The van der Waals surface area contributed by atoms with Crippen molar-refractivity contribution in [2.24, 2.45) is 5.41 Å². The highest BCUT2D eigenvalue weighted by Crippen LogP contribution is 2.48. The molecule has 1 amide bonds. The van der Waals surface area contributed by atoms with Gasteiger partial charge in [0.2, 0.25) is 0 Å². The molecule has 21 heavy (non-hydrogen) atoms. The van der Waals surface area contributed by atoms with E-state index in [1.165, 1.54) is 6.20 Å². The van der Waals surface area contributed by atoms with Crippen molar-refractivity contribution in [3.8, 4) is 0 Å². The second-order valence-corrected chi connectivity index (χ2v) is 5.64. The fraction of sp³-hybridized carbons (Fsp3) is 0.667. The summed E-state index contributed by atoms with van der Waals surface area (Å²) < 4.78 is 5.12. The summed E-state index contributed by atoms with van der Waals surface area (Å²) in [5.74, 6) is 0.483. The molecule has 0 spiro atoms. The zero-order valence-electron chi connectivity index (χ0n) is 12.8. The van der Waals surface area contributed by atoms with Crippen LogP contribution in [0.4, 0.5) is 5.82 Å². The van der Waals surface area contributed by atoms with Crippen LogP contribution in [0.3, 0.4) is 0 Å². The molecule has 1 aliphatic carbocycles. The Bertz CT molecular complexity index is 474. The molecule has 0 atom stereocenters. The van der Waals surface area contributed by atoms with Gasteiger partial charge in [0.25, 0.3) is 5.91 Å². The maximum absolute atomic E-state index is 12.1. The van der Waals surface area contributed by atoms with E-state index < -0.39 is 0 Å². The number of nitrogens with one attached hydrogen (secondary N) is 2. The fourth-order valence-corrected chi connectivity index (χ4v) is 2.18. The predicted octanol–water partition coefficient (Wildman–Crippen LogP) is 1.85. The van der Waals surface area contributed by atoms with Crippen LogP contribution in [-0.2, 0) is 4.74 Å². The summed E-state index contributed by atoms with van der Waals surface area (Å²) in [6.07, 6.45) is 7.43. The monoisotopic (exact) mass is 292 g/mol. The first-order valence-corrected chi connectivity index (χ1v) is 7.52. The number of nitrogens with zero attached hydrogens (tertiary/aromatic N) is 2. The molecular weight excluding hydrogens is 268 g/mol. The van der Waals surface area contributed by atoms with Crippen LogP contribution in [0.15, 0.2) is 12.4 Å². The molecule has 1 saturated carbocycles. The van der Waals surface area contributed by atoms with Crippen molar-refractivity contribution in [1.29, 1.82) is 0 Å². The number of hydrogen-bond acceptors (Lipinski definition) is 5. The Hall–Kier alpha value is -1.69. The Kier molecular flexibility index (Phi) is 5.50. The van der Waals surface area contributed by atoms with Crippen molar-refractivity contribution in [1.82, 2.24) is 15.3 Å². The van der Waals surface area contributed by atoms with Crippen LogP contribution >= 0.6 is 0 Å². The van der Waals surface area contributed by atoms with Crippen molar-refractivity contribution < 1.29 is 9.53 Å². The smallest absolute Gasteiger partial charge is 0.271 e. The van der Waals surface area contributed by atoms with E-state index >= 15 is 0 Å². The van der Waals surface area contributed by atoms with Crippen LogP contribution in [0.5, 0.6) is 0 Å². The standard InChI is InChI=1S/C15H24N4O2/c1-3-7-17-13-10-16-9-12(19-13)14(20)18-11-15(4-5-15)6-8-21-2/h9-10H,3-8,11H2,1-2H3,(H,17,19)(H,18,20). The number of methoxy groups -OCH3 is 1. The molecule has 0 aromatic carbocycles. The number of carbonyl (C=O) groups excluding carboxylic acids is 1. The summed E-state index contributed by atoms with van der Waals surface area (Å²) in [5.41, 5.74) is 0.593. The van der Waals surface area contributed by atoms with Gasteiger partial charge in [0.05, 0.1) is 12.4 Å². The average Bonchev–Trinajstić information content (AvgIpc) is 3.29. The first-order chi connectivity index (χ1) is 10.2. The molecule has 2 rings (SSSR count). The van der Waals surface area contributed by atoms with E-state index in [1.807, 2.05) is 0 Å². The van der Waals surface area contributed by atoms with Gasteiger partial charge >= 0.3 is 0 Å². The van der Waals surface area contributed by atoms with Crippen molar-refractivity contribution >= 4 is 11.7 Å². The molecule has 1 aromatic heterocycles. The summed E-state index contributed by atoms with van der Waals surface area (Å²) in [5, 5.41) is 6.10. The van der Waals surface area contributed by atoms with Crippen LogP contribution < -0.4 is 10.6 Å². The third-order valence-corrected chi connectivity index (χ3v) is 3.84. The molecule has 6 nitrogen and oxygen atoms in total. The number of carbonyl (C=O) groups is 1. The summed E-state index contributed by atoms with van der Waals surface area (Å²) >= 11 is 0. The number of amides is 1. The first-order valence-electron chi connectivity index (χ1n) is 7.52. The van der Waals surface area contributed by atoms with Gasteiger partial charge in [-0.2, -0.15) is 0 Å². The summed E-state index contributed by atoms with van der Waals surface area (Å²) in [7, 11) is 1.71. The second-order valence-electron chi connectivity index (χ2n) is 5.64. The molecule has 116 valence electrons. The lowest BCUT2D eigenvalue weighted by Crippen LogP contribution is -2.31. The van der Waals surface area contributed by atoms with Crippen LogP contribution in [0, 0.1) is 5.41 Å².